The molecule has 0 aliphatic carbocycles. The summed E-state index contributed by atoms with van der Waals surface area (Å²) in [5.74, 6) is -1.03. The van der Waals surface area contributed by atoms with Gasteiger partial charge in [-0.15, -0.1) is 0 Å². The van der Waals surface area contributed by atoms with E-state index in [4.69, 9.17) is 4.74 Å². The Morgan fingerprint density at radius 3 is 2.76 bits per heavy atom. The number of nitrogens with one attached hydrogen (secondary N) is 1. The zero-order chi connectivity index (χ0) is 15.5. The maximum Gasteiger partial charge on any atom is 0.255 e. The van der Waals surface area contributed by atoms with E-state index >= 15 is 0 Å². The van der Waals surface area contributed by atoms with Crippen LogP contribution in [0.2, 0.25) is 0 Å². The minimum Gasteiger partial charge on any atom is -0.504 e. The average Bonchev–Trinajstić information content (AvgIpc) is 2.50. The summed E-state index contributed by atoms with van der Waals surface area (Å²) < 4.78 is 5.88. The molecule has 21 heavy (non-hydrogen) atoms. The average molecular weight is 293 g/mol. The van der Waals surface area contributed by atoms with Gasteiger partial charge in [0.05, 0.1) is 11.2 Å². The van der Waals surface area contributed by atoms with Crippen molar-refractivity contribution in [2.24, 2.45) is 0 Å². The van der Waals surface area contributed by atoms with Gasteiger partial charge in [-0.1, -0.05) is 19.9 Å². The van der Waals surface area contributed by atoms with E-state index in [9.17, 15) is 15.0 Å². The van der Waals surface area contributed by atoms with E-state index in [-0.39, 0.29) is 34.6 Å². The van der Waals surface area contributed by atoms with Gasteiger partial charge in [-0.3, -0.25) is 4.79 Å². The summed E-state index contributed by atoms with van der Waals surface area (Å²) in [7, 11) is 0. The summed E-state index contributed by atoms with van der Waals surface area (Å²) >= 11 is 0. The lowest BCUT2D eigenvalue weighted by Crippen LogP contribution is -2.48. The first-order valence-corrected chi connectivity index (χ1v) is 7.47. The molecule has 5 nitrogen and oxygen atoms in total. The number of aromatic hydroxyl groups is 2. The second kappa shape index (κ2) is 6.35. The van der Waals surface area contributed by atoms with Gasteiger partial charge >= 0.3 is 0 Å². The van der Waals surface area contributed by atoms with Gasteiger partial charge in [-0.2, -0.15) is 0 Å². The predicted molar refractivity (Wildman–Crippen MR) is 79.5 cm³/mol. The summed E-state index contributed by atoms with van der Waals surface area (Å²) in [6.45, 7) is 4.81. The van der Waals surface area contributed by atoms with Crippen LogP contribution in [-0.2, 0) is 4.74 Å². The van der Waals surface area contributed by atoms with Gasteiger partial charge in [0.1, 0.15) is 0 Å². The van der Waals surface area contributed by atoms with Crippen LogP contribution in [0.3, 0.4) is 0 Å². The molecule has 1 aliphatic rings. The quantitative estimate of drug-likeness (QED) is 0.745. The molecule has 0 spiro atoms. The standard InChI is InChI=1S/C16H23NO4/c1-3-16(4-2)10-11(8-9-21-16)17-15(20)12-6-5-7-13(18)14(12)19/h5-7,11,18-19H,3-4,8-10H2,1-2H3,(H,17,20). The Morgan fingerprint density at radius 2 is 2.10 bits per heavy atom. The van der Waals surface area contributed by atoms with Crippen molar-refractivity contribution in [1.29, 1.82) is 0 Å². The van der Waals surface area contributed by atoms with Crippen molar-refractivity contribution in [2.75, 3.05) is 6.61 Å². The SMILES string of the molecule is CCC1(CC)CC(NC(=O)c2cccc(O)c2O)CCO1. The van der Waals surface area contributed by atoms with E-state index in [0.29, 0.717) is 6.61 Å². The molecule has 1 atom stereocenters. The number of benzene rings is 1. The Balaban J connectivity index is 2.07. The molecule has 0 saturated carbocycles. The van der Waals surface area contributed by atoms with Crippen LogP contribution in [0.4, 0.5) is 0 Å². The molecule has 5 heteroatoms. The zero-order valence-electron chi connectivity index (χ0n) is 12.6. The summed E-state index contributed by atoms with van der Waals surface area (Å²) in [5.41, 5.74) is -0.0723. The van der Waals surface area contributed by atoms with Crippen molar-refractivity contribution in [2.45, 2.75) is 51.2 Å². The second-order valence-corrected chi connectivity index (χ2v) is 5.58. The molecule has 1 aromatic rings. The number of ether oxygens (including phenoxy) is 1. The molecule has 1 heterocycles. The second-order valence-electron chi connectivity index (χ2n) is 5.58. The van der Waals surface area contributed by atoms with Crippen molar-refractivity contribution in [3.63, 3.8) is 0 Å². The normalized spacial score (nSPS) is 21.0. The summed E-state index contributed by atoms with van der Waals surface area (Å²) in [6, 6.07) is 4.40. The number of amides is 1. The molecule has 0 bridgehead atoms. The monoisotopic (exact) mass is 293 g/mol. The zero-order valence-corrected chi connectivity index (χ0v) is 12.6. The van der Waals surface area contributed by atoms with E-state index in [1.54, 1.807) is 0 Å². The molecule has 1 fully saturated rings. The Hall–Kier alpha value is -1.75. The number of phenols is 2. The van der Waals surface area contributed by atoms with Gasteiger partial charge in [-0.25, -0.2) is 0 Å². The molecular weight excluding hydrogens is 270 g/mol. The van der Waals surface area contributed by atoms with Crippen LogP contribution in [0.25, 0.3) is 0 Å². The van der Waals surface area contributed by atoms with E-state index in [2.05, 4.69) is 19.2 Å². The van der Waals surface area contributed by atoms with Crippen LogP contribution in [-0.4, -0.2) is 34.4 Å². The minimum atomic E-state index is -0.376. The van der Waals surface area contributed by atoms with E-state index in [1.807, 2.05) is 0 Å². The minimum absolute atomic E-state index is 0.0212. The first kappa shape index (κ1) is 15.6. The number of carbonyl (C=O) groups is 1. The molecule has 1 aromatic carbocycles. The van der Waals surface area contributed by atoms with Gasteiger partial charge in [-0.05, 0) is 37.8 Å². The lowest BCUT2D eigenvalue weighted by Gasteiger charge is -2.40. The van der Waals surface area contributed by atoms with Crippen LogP contribution >= 0.6 is 0 Å². The molecule has 116 valence electrons. The van der Waals surface area contributed by atoms with E-state index in [1.165, 1.54) is 18.2 Å². The number of phenolic OH excluding ortho intramolecular Hbond substituents is 2. The van der Waals surface area contributed by atoms with Gasteiger partial charge in [0, 0.05) is 12.6 Å². The number of carbonyl (C=O) groups excluding carboxylic acids is 1. The van der Waals surface area contributed by atoms with E-state index in [0.717, 1.165) is 25.7 Å². The van der Waals surface area contributed by atoms with Crippen LogP contribution < -0.4 is 5.32 Å². The van der Waals surface area contributed by atoms with Crippen LogP contribution in [0.5, 0.6) is 11.5 Å². The predicted octanol–water partition coefficient (Wildman–Crippen LogP) is 2.57. The van der Waals surface area contributed by atoms with Crippen LogP contribution in [0.15, 0.2) is 18.2 Å². The lowest BCUT2D eigenvalue weighted by molar-refractivity contribution is -0.0917. The highest BCUT2D eigenvalue weighted by Gasteiger charge is 2.35. The third-order valence-electron chi connectivity index (χ3n) is 4.38. The number of rotatable bonds is 4. The largest absolute Gasteiger partial charge is 0.504 e. The Labute approximate surface area is 124 Å². The van der Waals surface area contributed by atoms with Gasteiger partial charge in [0.25, 0.3) is 5.91 Å². The summed E-state index contributed by atoms with van der Waals surface area (Å²) in [4.78, 5) is 12.3. The fraction of sp³-hybridized carbons (Fsp3) is 0.562. The molecule has 0 aromatic heterocycles. The maximum atomic E-state index is 12.3. The Morgan fingerprint density at radius 1 is 1.38 bits per heavy atom. The molecule has 1 saturated heterocycles. The van der Waals surface area contributed by atoms with Crippen LogP contribution in [0, 0.1) is 0 Å². The number of hydrogen-bond acceptors (Lipinski definition) is 4. The first-order chi connectivity index (χ1) is 10.0. The van der Waals surface area contributed by atoms with Gasteiger partial charge < -0.3 is 20.3 Å². The fourth-order valence-corrected chi connectivity index (χ4v) is 2.87. The highest BCUT2D eigenvalue weighted by molar-refractivity contribution is 5.97. The molecule has 1 aliphatic heterocycles. The summed E-state index contributed by atoms with van der Waals surface area (Å²) in [5, 5.41) is 22.2. The first-order valence-electron chi connectivity index (χ1n) is 7.47. The maximum absolute atomic E-state index is 12.3. The van der Waals surface area contributed by atoms with Crippen molar-refractivity contribution >= 4 is 5.91 Å². The molecular formula is C16H23NO4. The summed E-state index contributed by atoms with van der Waals surface area (Å²) in [6.07, 6.45) is 3.35. The molecule has 3 N–H and O–H groups in total. The van der Waals surface area contributed by atoms with Crippen molar-refractivity contribution in [1.82, 2.24) is 5.32 Å². The van der Waals surface area contributed by atoms with Crippen molar-refractivity contribution in [3.05, 3.63) is 23.8 Å². The van der Waals surface area contributed by atoms with Gasteiger partial charge in [0.2, 0.25) is 0 Å². The number of para-hydroxylation sites is 1. The lowest BCUT2D eigenvalue weighted by atomic mass is 9.86. The highest BCUT2D eigenvalue weighted by Crippen LogP contribution is 2.32. The molecule has 2 rings (SSSR count). The van der Waals surface area contributed by atoms with Crippen molar-refractivity contribution < 1.29 is 19.7 Å². The Kier molecular flexibility index (Phi) is 4.73. The Bertz CT molecular complexity index is 511. The van der Waals surface area contributed by atoms with Gasteiger partial charge in [0.15, 0.2) is 11.5 Å². The fourth-order valence-electron chi connectivity index (χ4n) is 2.87. The number of hydrogen-bond donors (Lipinski definition) is 3. The highest BCUT2D eigenvalue weighted by atomic mass is 16.5. The topological polar surface area (TPSA) is 78.8 Å². The molecule has 1 amide bonds. The molecule has 1 unspecified atom stereocenters. The van der Waals surface area contributed by atoms with E-state index < -0.39 is 0 Å². The molecule has 0 radical (unpaired) electrons. The third kappa shape index (κ3) is 3.29. The third-order valence-corrected chi connectivity index (χ3v) is 4.38. The van der Waals surface area contributed by atoms with Crippen LogP contribution in [0.1, 0.15) is 49.9 Å². The smallest absolute Gasteiger partial charge is 0.255 e. The van der Waals surface area contributed by atoms with Crippen molar-refractivity contribution in [3.8, 4) is 11.5 Å².